The zero-order chi connectivity index (χ0) is 49.0. The maximum Gasteiger partial charge on any atom is 0.276 e. The molecule has 7 rings (SSSR count). The highest BCUT2D eigenvalue weighted by atomic mass is 16.5. The number of allylic oxidation sites excluding steroid dienone is 2. The summed E-state index contributed by atoms with van der Waals surface area (Å²) in [5, 5.41) is 14.7. The van der Waals surface area contributed by atoms with Crippen molar-refractivity contribution in [3.63, 3.8) is 0 Å². The lowest BCUT2D eigenvalue weighted by Gasteiger charge is -2.34. The first-order valence-electron chi connectivity index (χ1n) is 22.4. The molecule has 0 saturated carbocycles. The quantitative estimate of drug-likeness (QED) is 0.0781. The molecule has 1 aliphatic heterocycles. The summed E-state index contributed by atoms with van der Waals surface area (Å²) in [6, 6.07) is 9.46. The molecule has 0 aliphatic carbocycles. The molecule has 356 valence electrons. The summed E-state index contributed by atoms with van der Waals surface area (Å²) in [6.45, 7) is 15.5. The SMILES string of the molecule is CCn1nc(C)cc1C(=O)Nc1nc2cc(C(N)=O)cc(OC)c2n1CC=CCn1c(NC(=O)c2cc(C)nn2CC)nc2cc(C(N)=O)cc(OCC#CC3CCN(C(=O)C(C)(C)C)CC3)c21. The van der Waals surface area contributed by atoms with Crippen LogP contribution in [0.5, 0.6) is 11.5 Å². The molecule has 5 amide bonds. The van der Waals surface area contributed by atoms with Gasteiger partial charge in [-0.15, -0.1) is 0 Å². The van der Waals surface area contributed by atoms with Crippen molar-refractivity contribution in [3.8, 4) is 23.3 Å². The summed E-state index contributed by atoms with van der Waals surface area (Å²) in [4.78, 5) is 76.7. The van der Waals surface area contributed by atoms with Gasteiger partial charge in [-0.2, -0.15) is 10.2 Å². The number of likely N-dealkylation sites (tertiary alicyclic amines) is 1. The Morgan fingerprint density at radius 3 is 1.66 bits per heavy atom. The Labute approximate surface area is 393 Å². The number of nitrogens with zero attached hydrogens (tertiary/aromatic N) is 9. The number of ether oxygens (including phenoxy) is 2. The van der Waals surface area contributed by atoms with Gasteiger partial charge in [-0.1, -0.05) is 44.8 Å². The van der Waals surface area contributed by atoms with Gasteiger partial charge in [0.1, 0.15) is 40.5 Å². The zero-order valence-corrected chi connectivity index (χ0v) is 39.6. The number of nitrogens with two attached hydrogens (primary N) is 2. The van der Waals surface area contributed by atoms with E-state index in [4.69, 9.17) is 30.9 Å². The molecule has 2 aromatic carbocycles. The van der Waals surface area contributed by atoms with Crippen LogP contribution in [0, 0.1) is 37.0 Å². The van der Waals surface area contributed by atoms with E-state index in [1.165, 1.54) is 31.4 Å². The van der Waals surface area contributed by atoms with E-state index in [2.05, 4.69) is 32.7 Å². The molecule has 6 aromatic rings. The number of piperidine rings is 1. The molecule has 20 heteroatoms. The van der Waals surface area contributed by atoms with Gasteiger partial charge in [-0.3, -0.25) is 44.0 Å². The molecule has 1 aliphatic rings. The predicted molar refractivity (Wildman–Crippen MR) is 255 cm³/mol. The standard InChI is InChI=1S/C48H57N13O7/c1-9-60-35(22-28(3)55-60)43(64)53-46-51-33-24-31(41(49)62)26-37(67-8)39(33)58(46)17-11-12-18-59-40-34(52-47(59)54-44(65)36-23-29(4)56-61(36)10-2)25-32(42(50)63)27-38(40)68-21-13-14-30-15-19-57(20-16-30)45(66)48(5,6)7/h11-12,22-27,30H,9-10,15-21H2,1-8H3,(H2,49,62)(H2,50,63)(H,51,53,64)(H,52,54,65). The maximum atomic E-state index is 13.9. The van der Waals surface area contributed by atoms with Crippen molar-refractivity contribution in [2.45, 2.75) is 87.5 Å². The van der Waals surface area contributed by atoms with Crippen molar-refractivity contribution in [2.24, 2.45) is 22.8 Å². The number of benzene rings is 2. The normalized spacial score (nSPS) is 13.2. The lowest BCUT2D eigenvalue weighted by molar-refractivity contribution is -0.140. The van der Waals surface area contributed by atoms with Crippen molar-refractivity contribution < 1.29 is 33.4 Å². The minimum absolute atomic E-state index is 0.0315. The van der Waals surface area contributed by atoms with Crippen LogP contribution in [-0.2, 0) is 31.0 Å². The molecule has 68 heavy (non-hydrogen) atoms. The number of methoxy groups -OCH3 is 1. The van der Waals surface area contributed by atoms with E-state index in [-0.39, 0.29) is 60.3 Å². The highest BCUT2D eigenvalue weighted by Crippen LogP contribution is 2.33. The Morgan fingerprint density at radius 2 is 1.22 bits per heavy atom. The molecule has 1 fully saturated rings. The second kappa shape index (κ2) is 19.9. The minimum Gasteiger partial charge on any atom is -0.494 e. The van der Waals surface area contributed by atoms with Gasteiger partial charge < -0.3 is 35.0 Å². The predicted octanol–water partition coefficient (Wildman–Crippen LogP) is 5.07. The second-order valence-corrected chi connectivity index (χ2v) is 17.5. The Balaban J connectivity index is 1.23. The van der Waals surface area contributed by atoms with Crippen LogP contribution in [0.3, 0.4) is 0 Å². The van der Waals surface area contributed by atoms with Crippen LogP contribution in [0.2, 0.25) is 0 Å². The van der Waals surface area contributed by atoms with Gasteiger partial charge in [0.05, 0.1) is 29.5 Å². The molecule has 0 unspecified atom stereocenters. The average Bonchev–Trinajstić information content (AvgIpc) is 4.07. The number of fused-ring (bicyclic) bond motifs is 2. The lowest BCUT2D eigenvalue weighted by atomic mass is 9.91. The molecule has 5 heterocycles. The van der Waals surface area contributed by atoms with Crippen molar-refractivity contribution in [1.29, 1.82) is 0 Å². The van der Waals surface area contributed by atoms with Crippen LogP contribution in [0.15, 0.2) is 48.6 Å². The van der Waals surface area contributed by atoms with E-state index in [1.807, 2.05) is 51.7 Å². The first-order chi connectivity index (χ1) is 32.4. The van der Waals surface area contributed by atoms with Crippen LogP contribution in [-0.4, -0.2) is 99.9 Å². The van der Waals surface area contributed by atoms with Gasteiger partial charge in [-0.05, 0) is 76.9 Å². The molecule has 6 N–H and O–H groups in total. The van der Waals surface area contributed by atoms with E-state index in [0.29, 0.717) is 76.8 Å². The number of amides is 5. The van der Waals surface area contributed by atoms with E-state index >= 15 is 0 Å². The van der Waals surface area contributed by atoms with E-state index < -0.39 is 29.0 Å². The molecule has 0 spiro atoms. The number of imidazole rings is 2. The van der Waals surface area contributed by atoms with Crippen molar-refractivity contribution in [1.82, 2.24) is 43.6 Å². The molecule has 1 saturated heterocycles. The maximum absolute atomic E-state index is 13.9. The number of nitrogens with one attached hydrogen (secondary N) is 2. The lowest BCUT2D eigenvalue weighted by Crippen LogP contribution is -2.43. The number of carbonyl (C=O) groups excluding carboxylic acids is 5. The number of anilines is 2. The molecule has 0 radical (unpaired) electrons. The van der Waals surface area contributed by atoms with Gasteiger partial charge in [-0.25, -0.2) is 9.97 Å². The molecule has 0 bridgehead atoms. The fourth-order valence-electron chi connectivity index (χ4n) is 8.19. The fourth-order valence-corrected chi connectivity index (χ4v) is 8.19. The summed E-state index contributed by atoms with van der Waals surface area (Å²) in [5.41, 5.74) is 14.9. The Kier molecular flexibility index (Phi) is 14.0. The third kappa shape index (κ3) is 10.2. The number of hydrogen-bond donors (Lipinski definition) is 4. The van der Waals surface area contributed by atoms with Crippen molar-refractivity contribution in [3.05, 3.63) is 82.5 Å². The average molecular weight is 928 g/mol. The Bertz CT molecular complexity index is 3040. The van der Waals surface area contributed by atoms with Gasteiger partial charge in [0.15, 0.2) is 0 Å². The Hall–Kier alpha value is -7.95. The highest BCUT2D eigenvalue weighted by molar-refractivity contribution is 6.05. The number of primary amides is 2. The number of aromatic nitrogens is 8. The Morgan fingerprint density at radius 1 is 0.750 bits per heavy atom. The first-order valence-corrected chi connectivity index (χ1v) is 22.4. The summed E-state index contributed by atoms with van der Waals surface area (Å²) >= 11 is 0. The first kappa shape index (κ1) is 48.0. The zero-order valence-electron chi connectivity index (χ0n) is 39.6. The molecular weight excluding hydrogens is 871 g/mol. The van der Waals surface area contributed by atoms with Crippen LogP contribution < -0.4 is 31.6 Å². The van der Waals surface area contributed by atoms with Gasteiger partial charge in [0.2, 0.25) is 29.6 Å². The smallest absolute Gasteiger partial charge is 0.276 e. The van der Waals surface area contributed by atoms with Gasteiger partial charge in [0.25, 0.3) is 11.8 Å². The van der Waals surface area contributed by atoms with Gasteiger partial charge >= 0.3 is 0 Å². The summed E-state index contributed by atoms with van der Waals surface area (Å²) in [6.07, 6.45) is 5.14. The molecule has 0 atom stereocenters. The van der Waals surface area contributed by atoms with E-state index in [9.17, 15) is 24.0 Å². The van der Waals surface area contributed by atoms with E-state index in [1.54, 1.807) is 44.5 Å². The monoisotopic (exact) mass is 927 g/mol. The molecular formula is C48H57N13O7. The van der Waals surface area contributed by atoms with Crippen LogP contribution in [0.25, 0.3) is 22.1 Å². The van der Waals surface area contributed by atoms with Crippen LogP contribution in [0.4, 0.5) is 11.9 Å². The van der Waals surface area contributed by atoms with Gasteiger partial charge in [0, 0.05) is 61.7 Å². The minimum atomic E-state index is -0.704. The summed E-state index contributed by atoms with van der Waals surface area (Å²) in [7, 11) is 1.46. The second-order valence-electron chi connectivity index (χ2n) is 17.5. The number of aryl methyl sites for hydroxylation is 4. The largest absolute Gasteiger partial charge is 0.494 e. The third-order valence-electron chi connectivity index (χ3n) is 11.5. The summed E-state index contributed by atoms with van der Waals surface area (Å²) in [5.74, 6) is 5.21. The highest BCUT2D eigenvalue weighted by Gasteiger charge is 2.30. The fraction of sp³-hybridized carbons (Fsp3) is 0.396. The molecule has 20 nitrogen and oxygen atoms in total. The number of rotatable bonds is 15. The number of carbonyl (C=O) groups is 5. The van der Waals surface area contributed by atoms with Crippen molar-refractivity contribution >= 4 is 63.5 Å². The third-order valence-corrected chi connectivity index (χ3v) is 11.5. The number of hydrogen-bond acceptors (Lipinski definition) is 11. The summed E-state index contributed by atoms with van der Waals surface area (Å²) < 4.78 is 18.7. The topological polar surface area (TPSA) is 254 Å². The van der Waals surface area contributed by atoms with Crippen molar-refractivity contribution in [2.75, 3.05) is 37.4 Å². The van der Waals surface area contributed by atoms with Crippen LogP contribution in [0.1, 0.15) is 101 Å². The van der Waals surface area contributed by atoms with E-state index in [0.717, 1.165) is 12.8 Å². The molecule has 4 aromatic heterocycles. The van der Waals surface area contributed by atoms with Crippen LogP contribution >= 0.6 is 0 Å².